The molecule has 0 fully saturated rings. The Morgan fingerprint density at radius 3 is 2.12 bits per heavy atom. The molecule has 7 heteroatoms. The fourth-order valence-corrected chi connectivity index (χ4v) is 1.77. The summed E-state index contributed by atoms with van der Waals surface area (Å²) in [6, 6.07) is 0. The van der Waals surface area contributed by atoms with Crippen LogP contribution in [0.4, 0.5) is 0 Å². The molecule has 6 nitrogen and oxygen atoms in total. The molecular formula is C9H21N3O3S. The Hall–Kier alpha value is -0.660. The largest absolute Gasteiger partial charge is 0.355 e. The van der Waals surface area contributed by atoms with Gasteiger partial charge in [0.15, 0.2) is 0 Å². The molecule has 0 spiro atoms. The highest BCUT2D eigenvalue weighted by Crippen LogP contribution is 2.00. The van der Waals surface area contributed by atoms with Crippen LogP contribution in [0.5, 0.6) is 0 Å². The summed E-state index contributed by atoms with van der Waals surface area (Å²) in [6.07, 6.45) is 0. The van der Waals surface area contributed by atoms with Gasteiger partial charge in [-0.15, -0.1) is 0 Å². The standard InChI is InChI=1S/C9H21N3O3S/c1-8(2)6-10-9(13)7-12(5)16(14,15)11(3)4/h8H,6-7H2,1-5H3,(H,10,13). The van der Waals surface area contributed by atoms with Crippen LogP contribution in [-0.2, 0) is 15.0 Å². The average molecular weight is 251 g/mol. The predicted octanol–water partition coefficient (Wildman–Crippen LogP) is -0.503. The van der Waals surface area contributed by atoms with Gasteiger partial charge in [-0.2, -0.15) is 17.0 Å². The minimum absolute atomic E-state index is 0.159. The summed E-state index contributed by atoms with van der Waals surface area (Å²) in [7, 11) is 0.731. The van der Waals surface area contributed by atoms with Gasteiger partial charge in [-0.25, -0.2) is 0 Å². The Morgan fingerprint density at radius 2 is 1.75 bits per heavy atom. The molecular weight excluding hydrogens is 230 g/mol. The maximum Gasteiger partial charge on any atom is 0.281 e. The maximum atomic E-state index is 11.6. The molecule has 0 aromatic rings. The molecule has 96 valence electrons. The molecule has 0 saturated carbocycles. The molecule has 0 saturated heterocycles. The first-order valence-electron chi connectivity index (χ1n) is 5.08. The van der Waals surface area contributed by atoms with E-state index in [2.05, 4.69) is 5.32 Å². The third kappa shape index (κ3) is 4.91. The highest BCUT2D eigenvalue weighted by molar-refractivity contribution is 7.86. The number of hydrogen-bond acceptors (Lipinski definition) is 3. The van der Waals surface area contributed by atoms with Crippen molar-refractivity contribution in [3.63, 3.8) is 0 Å². The normalized spacial score (nSPS) is 12.5. The zero-order valence-electron chi connectivity index (χ0n) is 10.5. The van der Waals surface area contributed by atoms with Crippen molar-refractivity contribution >= 4 is 16.1 Å². The summed E-state index contributed by atoms with van der Waals surface area (Å²) in [6.45, 7) is 4.34. The highest BCUT2D eigenvalue weighted by Gasteiger charge is 2.22. The quantitative estimate of drug-likeness (QED) is 0.691. The second-order valence-corrected chi connectivity index (χ2v) is 6.49. The van der Waals surface area contributed by atoms with E-state index in [0.29, 0.717) is 12.5 Å². The second-order valence-electron chi connectivity index (χ2n) is 4.24. The van der Waals surface area contributed by atoms with Gasteiger partial charge in [-0.05, 0) is 5.92 Å². The first-order chi connectivity index (χ1) is 7.17. The van der Waals surface area contributed by atoms with Gasteiger partial charge in [-0.3, -0.25) is 4.79 Å². The first kappa shape index (κ1) is 15.3. The van der Waals surface area contributed by atoms with Crippen molar-refractivity contribution < 1.29 is 13.2 Å². The van der Waals surface area contributed by atoms with Gasteiger partial charge < -0.3 is 5.32 Å². The first-order valence-corrected chi connectivity index (χ1v) is 6.48. The van der Waals surface area contributed by atoms with Gasteiger partial charge in [0.1, 0.15) is 0 Å². The van der Waals surface area contributed by atoms with Crippen molar-refractivity contribution in [2.45, 2.75) is 13.8 Å². The van der Waals surface area contributed by atoms with Gasteiger partial charge in [-0.1, -0.05) is 13.8 Å². The minimum atomic E-state index is -3.50. The Balaban J connectivity index is 4.25. The van der Waals surface area contributed by atoms with Crippen LogP contribution in [0.25, 0.3) is 0 Å². The van der Waals surface area contributed by atoms with Crippen LogP contribution in [-0.4, -0.2) is 57.2 Å². The Morgan fingerprint density at radius 1 is 1.25 bits per heavy atom. The number of amides is 1. The molecule has 1 N–H and O–H groups in total. The van der Waals surface area contributed by atoms with Crippen LogP contribution in [0.1, 0.15) is 13.8 Å². The van der Waals surface area contributed by atoms with Crippen molar-refractivity contribution in [1.29, 1.82) is 0 Å². The van der Waals surface area contributed by atoms with Crippen molar-refractivity contribution in [2.75, 3.05) is 34.2 Å². The van der Waals surface area contributed by atoms with E-state index in [9.17, 15) is 13.2 Å². The molecule has 0 radical (unpaired) electrons. The smallest absolute Gasteiger partial charge is 0.281 e. The molecule has 0 aliphatic heterocycles. The predicted molar refractivity (Wildman–Crippen MR) is 63.1 cm³/mol. The maximum absolute atomic E-state index is 11.6. The fourth-order valence-electron chi connectivity index (χ4n) is 0.936. The topological polar surface area (TPSA) is 69.7 Å². The summed E-state index contributed by atoms with van der Waals surface area (Å²) < 4.78 is 25.2. The van der Waals surface area contributed by atoms with E-state index >= 15 is 0 Å². The fraction of sp³-hybridized carbons (Fsp3) is 0.889. The van der Waals surface area contributed by atoms with Crippen LogP contribution < -0.4 is 5.32 Å². The number of carbonyl (C=O) groups excluding carboxylic acids is 1. The molecule has 0 unspecified atom stereocenters. The van der Waals surface area contributed by atoms with E-state index in [4.69, 9.17) is 0 Å². The van der Waals surface area contributed by atoms with Gasteiger partial charge in [0.05, 0.1) is 6.54 Å². The minimum Gasteiger partial charge on any atom is -0.355 e. The van der Waals surface area contributed by atoms with Crippen LogP contribution >= 0.6 is 0 Å². The van der Waals surface area contributed by atoms with E-state index in [1.54, 1.807) is 0 Å². The SMILES string of the molecule is CC(C)CNC(=O)CN(C)S(=O)(=O)N(C)C. The number of likely N-dealkylation sites (N-methyl/N-ethyl adjacent to an activating group) is 1. The lowest BCUT2D eigenvalue weighted by atomic mass is 10.2. The van der Waals surface area contributed by atoms with Crippen LogP contribution in [0.15, 0.2) is 0 Å². The van der Waals surface area contributed by atoms with Crippen LogP contribution in [0.3, 0.4) is 0 Å². The number of nitrogens with one attached hydrogen (secondary N) is 1. The summed E-state index contributed by atoms with van der Waals surface area (Å²) in [4.78, 5) is 11.4. The third-order valence-corrected chi connectivity index (χ3v) is 3.77. The average Bonchev–Trinajstić information content (AvgIpc) is 2.14. The molecule has 0 aromatic carbocycles. The monoisotopic (exact) mass is 251 g/mol. The molecule has 0 heterocycles. The Kier molecular flexibility index (Phi) is 5.91. The molecule has 0 atom stereocenters. The van der Waals surface area contributed by atoms with E-state index < -0.39 is 10.2 Å². The third-order valence-electron chi connectivity index (χ3n) is 1.93. The Bertz CT molecular complexity index is 325. The van der Waals surface area contributed by atoms with Gasteiger partial charge >= 0.3 is 0 Å². The van der Waals surface area contributed by atoms with Crippen LogP contribution in [0.2, 0.25) is 0 Å². The summed E-state index contributed by atoms with van der Waals surface area (Å²) in [5.74, 6) is 0.0568. The molecule has 0 aliphatic carbocycles. The molecule has 0 aliphatic rings. The molecule has 0 bridgehead atoms. The molecule has 0 rings (SSSR count). The van der Waals surface area contributed by atoms with Crippen molar-refractivity contribution in [1.82, 2.24) is 13.9 Å². The number of nitrogens with zero attached hydrogens (tertiary/aromatic N) is 2. The second kappa shape index (κ2) is 6.17. The zero-order chi connectivity index (χ0) is 12.9. The molecule has 0 aromatic heterocycles. The summed E-state index contributed by atoms with van der Waals surface area (Å²) in [5.41, 5.74) is 0. The lowest BCUT2D eigenvalue weighted by Gasteiger charge is -2.20. The summed E-state index contributed by atoms with van der Waals surface area (Å²) >= 11 is 0. The van der Waals surface area contributed by atoms with Crippen molar-refractivity contribution in [2.24, 2.45) is 5.92 Å². The van der Waals surface area contributed by atoms with Gasteiger partial charge in [0.2, 0.25) is 5.91 Å². The van der Waals surface area contributed by atoms with Crippen LogP contribution in [0, 0.1) is 5.92 Å². The molecule has 1 amide bonds. The van der Waals surface area contributed by atoms with E-state index in [-0.39, 0.29) is 12.5 Å². The van der Waals surface area contributed by atoms with Gasteiger partial charge in [0.25, 0.3) is 10.2 Å². The van der Waals surface area contributed by atoms with Gasteiger partial charge in [0, 0.05) is 27.7 Å². The lowest BCUT2D eigenvalue weighted by molar-refractivity contribution is -0.121. The number of hydrogen-bond donors (Lipinski definition) is 1. The lowest BCUT2D eigenvalue weighted by Crippen LogP contribution is -2.43. The number of carbonyl (C=O) groups is 1. The van der Waals surface area contributed by atoms with Crippen molar-refractivity contribution in [3.05, 3.63) is 0 Å². The molecule has 16 heavy (non-hydrogen) atoms. The van der Waals surface area contributed by atoms with E-state index in [0.717, 1.165) is 8.61 Å². The zero-order valence-corrected chi connectivity index (χ0v) is 11.3. The van der Waals surface area contributed by atoms with E-state index in [1.807, 2.05) is 13.8 Å². The summed E-state index contributed by atoms with van der Waals surface area (Å²) in [5, 5.41) is 2.66. The highest BCUT2D eigenvalue weighted by atomic mass is 32.2. The number of rotatable bonds is 6. The van der Waals surface area contributed by atoms with E-state index in [1.165, 1.54) is 21.1 Å². The van der Waals surface area contributed by atoms with Crippen molar-refractivity contribution in [3.8, 4) is 0 Å². The Labute approximate surface area is 97.8 Å².